The third-order valence-electron chi connectivity index (χ3n) is 1.86. The van der Waals surface area contributed by atoms with Gasteiger partial charge in [-0.1, -0.05) is 6.92 Å². The summed E-state index contributed by atoms with van der Waals surface area (Å²) in [6.07, 6.45) is 0.817. The Labute approximate surface area is 108 Å². The van der Waals surface area contributed by atoms with Crippen molar-refractivity contribution in [2.75, 3.05) is 60.0 Å². The molecule has 0 amide bonds. The molecule has 0 fully saturated rings. The molecule has 0 spiro atoms. The predicted molar refractivity (Wildman–Crippen MR) is 65.6 cm³/mol. The molecule has 0 radical (unpaired) electrons. The molecule has 108 valence electrons. The van der Waals surface area contributed by atoms with Crippen LogP contribution in [-0.2, 0) is 28.5 Å². The van der Waals surface area contributed by atoms with Crippen molar-refractivity contribution in [3.05, 3.63) is 0 Å². The molecule has 0 aromatic heterocycles. The average molecular weight is 264 g/mol. The highest BCUT2D eigenvalue weighted by atomic mass is 16.6. The number of hydrogen-bond donors (Lipinski definition) is 0. The van der Waals surface area contributed by atoms with Crippen LogP contribution in [0.15, 0.2) is 0 Å². The van der Waals surface area contributed by atoms with Crippen molar-refractivity contribution in [1.82, 2.24) is 0 Å². The van der Waals surface area contributed by atoms with Crippen LogP contribution in [0.5, 0.6) is 0 Å². The average Bonchev–Trinajstić information content (AvgIpc) is 2.38. The molecule has 0 saturated carbocycles. The summed E-state index contributed by atoms with van der Waals surface area (Å²) >= 11 is 0. The topological polar surface area (TPSA) is 63.2 Å². The lowest BCUT2D eigenvalue weighted by molar-refractivity contribution is -0.149. The zero-order valence-corrected chi connectivity index (χ0v) is 11.3. The number of carbonyl (C=O) groups excluding carboxylic acids is 1. The second kappa shape index (κ2) is 14.4. The van der Waals surface area contributed by atoms with Gasteiger partial charge in [0, 0.05) is 7.11 Å². The normalized spacial score (nSPS) is 10.6. The van der Waals surface area contributed by atoms with Crippen LogP contribution in [0.3, 0.4) is 0 Å². The van der Waals surface area contributed by atoms with Gasteiger partial charge in [0.1, 0.15) is 6.61 Å². The molecule has 6 nitrogen and oxygen atoms in total. The Morgan fingerprint density at radius 1 is 0.833 bits per heavy atom. The fourth-order valence-electron chi connectivity index (χ4n) is 0.995. The van der Waals surface area contributed by atoms with E-state index < -0.39 is 0 Å². The quantitative estimate of drug-likeness (QED) is 0.359. The van der Waals surface area contributed by atoms with Crippen molar-refractivity contribution in [1.29, 1.82) is 0 Å². The lowest BCUT2D eigenvalue weighted by Gasteiger charge is -2.06. The molecule has 0 bridgehead atoms. The molecule has 0 heterocycles. The molecule has 0 aromatic carbocycles. The van der Waals surface area contributed by atoms with Gasteiger partial charge in [0.05, 0.1) is 46.2 Å². The van der Waals surface area contributed by atoms with Crippen molar-refractivity contribution in [2.24, 2.45) is 0 Å². The highest BCUT2D eigenvalue weighted by Crippen LogP contribution is 1.86. The van der Waals surface area contributed by atoms with Gasteiger partial charge < -0.3 is 23.7 Å². The molecular weight excluding hydrogens is 240 g/mol. The van der Waals surface area contributed by atoms with E-state index in [1.54, 1.807) is 7.11 Å². The highest BCUT2D eigenvalue weighted by Gasteiger charge is 2.01. The summed E-state index contributed by atoms with van der Waals surface area (Å²) < 4.78 is 25.2. The summed E-state index contributed by atoms with van der Waals surface area (Å²) in [5.74, 6) is -0.334. The van der Waals surface area contributed by atoms with Gasteiger partial charge in [0.15, 0.2) is 0 Å². The second-order valence-electron chi connectivity index (χ2n) is 3.49. The first-order valence-corrected chi connectivity index (χ1v) is 6.19. The van der Waals surface area contributed by atoms with E-state index in [4.69, 9.17) is 23.7 Å². The molecular formula is C12H24O6. The van der Waals surface area contributed by atoms with Crippen molar-refractivity contribution in [3.63, 3.8) is 0 Å². The number of methoxy groups -OCH3 is 1. The zero-order chi connectivity index (χ0) is 13.5. The van der Waals surface area contributed by atoms with Crippen molar-refractivity contribution < 1.29 is 28.5 Å². The van der Waals surface area contributed by atoms with E-state index in [1.807, 2.05) is 6.92 Å². The number of ether oxygens (including phenoxy) is 5. The number of hydrogen-bond acceptors (Lipinski definition) is 6. The first kappa shape index (κ1) is 17.3. The standard InChI is InChI=1S/C12H24O6/c1-3-4-18-12(13)11-17-10-9-16-8-7-15-6-5-14-2/h3-11H2,1-2H3. The molecule has 0 atom stereocenters. The number of rotatable bonds is 13. The van der Waals surface area contributed by atoms with E-state index in [1.165, 1.54) is 0 Å². The summed E-state index contributed by atoms with van der Waals surface area (Å²) in [4.78, 5) is 11.0. The third kappa shape index (κ3) is 13.4. The van der Waals surface area contributed by atoms with Crippen LogP contribution >= 0.6 is 0 Å². The Bertz CT molecular complexity index is 185. The molecule has 6 heteroatoms. The first-order valence-electron chi connectivity index (χ1n) is 6.19. The van der Waals surface area contributed by atoms with E-state index in [0.29, 0.717) is 46.2 Å². The molecule has 0 N–H and O–H groups in total. The van der Waals surface area contributed by atoms with Gasteiger partial charge in [-0.25, -0.2) is 4.79 Å². The van der Waals surface area contributed by atoms with E-state index in [9.17, 15) is 4.79 Å². The lowest BCUT2D eigenvalue weighted by atomic mass is 10.5. The Hall–Kier alpha value is -0.690. The summed E-state index contributed by atoms with van der Waals surface area (Å²) in [5.41, 5.74) is 0. The molecule has 0 aliphatic heterocycles. The Balaban J connectivity index is 3.04. The molecule has 0 unspecified atom stereocenters. The summed E-state index contributed by atoms with van der Waals surface area (Å²) in [7, 11) is 1.63. The van der Waals surface area contributed by atoms with Gasteiger partial charge in [0.25, 0.3) is 0 Å². The molecule has 0 aliphatic rings. The summed E-state index contributed by atoms with van der Waals surface area (Å²) in [6.45, 7) is 5.37. The van der Waals surface area contributed by atoms with Gasteiger partial charge in [-0.15, -0.1) is 0 Å². The largest absolute Gasteiger partial charge is 0.464 e. The molecule has 18 heavy (non-hydrogen) atoms. The van der Waals surface area contributed by atoms with Crippen LogP contribution in [0.2, 0.25) is 0 Å². The van der Waals surface area contributed by atoms with Crippen LogP contribution in [0.25, 0.3) is 0 Å². The maximum Gasteiger partial charge on any atom is 0.332 e. The van der Waals surface area contributed by atoms with Crippen LogP contribution in [-0.4, -0.2) is 65.9 Å². The van der Waals surface area contributed by atoms with Crippen molar-refractivity contribution >= 4 is 5.97 Å². The summed E-state index contributed by atoms with van der Waals surface area (Å²) in [5, 5.41) is 0. The molecule has 0 saturated heterocycles. The van der Waals surface area contributed by atoms with Crippen LogP contribution in [0, 0.1) is 0 Å². The third-order valence-corrected chi connectivity index (χ3v) is 1.86. The Kier molecular flexibility index (Phi) is 13.8. The first-order chi connectivity index (χ1) is 8.81. The maximum absolute atomic E-state index is 11.0. The van der Waals surface area contributed by atoms with E-state index in [-0.39, 0.29) is 12.6 Å². The number of carbonyl (C=O) groups is 1. The van der Waals surface area contributed by atoms with Crippen LogP contribution in [0.4, 0.5) is 0 Å². The molecule has 0 rings (SSSR count). The minimum atomic E-state index is -0.334. The predicted octanol–water partition coefficient (Wildman–Crippen LogP) is 0.636. The maximum atomic E-state index is 11.0. The smallest absolute Gasteiger partial charge is 0.332 e. The van der Waals surface area contributed by atoms with Gasteiger partial charge >= 0.3 is 5.97 Å². The minimum Gasteiger partial charge on any atom is -0.464 e. The van der Waals surface area contributed by atoms with Gasteiger partial charge in [-0.3, -0.25) is 0 Å². The Morgan fingerprint density at radius 2 is 1.39 bits per heavy atom. The minimum absolute atomic E-state index is 0.0201. The zero-order valence-electron chi connectivity index (χ0n) is 11.3. The van der Waals surface area contributed by atoms with E-state index in [0.717, 1.165) is 6.42 Å². The highest BCUT2D eigenvalue weighted by molar-refractivity contribution is 5.70. The SMILES string of the molecule is CCCOC(=O)COCCOCCOCCOC. The van der Waals surface area contributed by atoms with Crippen molar-refractivity contribution in [2.45, 2.75) is 13.3 Å². The van der Waals surface area contributed by atoms with Crippen LogP contribution < -0.4 is 0 Å². The van der Waals surface area contributed by atoms with E-state index >= 15 is 0 Å². The number of esters is 1. The van der Waals surface area contributed by atoms with Gasteiger partial charge in [-0.05, 0) is 6.42 Å². The monoisotopic (exact) mass is 264 g/mol. The van der Waals surface area contributed by atoms with Gasteiger partial charge in [-0.2, -0.15) is 0 Å². The van der Waals surface area contributed by atoms with Crippen molar-refractivity contribution in [3.8, 4) is 0 Å². The fraction of sp³-hybridized carbons (Fsp3) is 0.917. The van der Waals surface area contributed by atoms with Gasteiger partial charge in [0.2, 0.25) is 0 Å². The van der Waals surface area contributed by atoms with Crippen LogP contribution in [0.1, 0.15) is 13.3 Å². The van der Waals surface area contributed by atoms with E-state index in [2.05, 4.69) is 0 Å². The Morgan fingerprint density at radius 3 is 1.94 bits per heavy atom. The second-order valence-corrected chi connectivity index (χ2v) is 3.49. The molecule has 0 aromatic rings. The summed E-state index contributed by atoms with van der Waals surface area (Å²) in [6, 6.07) is 0. The molecule has 0 aliphatic carbocycles. The fourth-order valence-corrected chi connectivity index (χ4v) is 0.995. The lowest BCUT2D eigenvalue weighted by Crippen LogP contribution is -2.16.